The number of nitrogens with one attached hydrogen (secondary N) is 1. The van der Waals surface area contributed by atoms with E-state index in [9.17, 15) is 18.0 Å². The zero-order chi connectivity index (χ0) is 16.9. The number of carbonyl (C=O) groups excluding carboxylic acids is 2. The van der Waals surface area contributed by atoms with Crippen LogP contribution in [-0.2, 0) is 14.8 Å². The van der Waals surface area contributed by atoms with Gasteiger partial charge in [0.25, 0.3) is 5.91 Å². The molecule has 23 heavy (non-hydrogen) atoms. The molecule has 8 heteroatoms. The number of nitrogens with zero attached hydrogens (tertiary/aromatic N) is 2. The average Bonchev–Trinajstić information content (AvgIpc) is 2.59. The predicted octanol–water partition coefficient (Wildman–Crippen LogP) is 0.289. The highest BCUT2D eigenvalue weighted by atomic mass is 32.2. The second kappa shape index (κ2) is 7.56. The van der Waals surface area contributed by atoms with E-state index in [1.54, 1.807) is 9.80 Å². The third-order valence-electron chi connectivity index (χ3n) is 3.70. The van der Waals surface area contributed by atoms with Crippen molar-refractivity contribution >= 4 is 22.3 Å². The van der Waals surface area contributed by atoms with Crippen LogP contribution >= 0.6 is 0 Å². The smallest absolute Gasteiger partial charge is 0.253 e. The number of amides is 2. The van der Waals surface area contributed by atoms with E-state index < -0.39 is 10.0 Å². The minimum absolute atomic E-state index is 0.147. The summed E-state index contributed by atoms with van der Waals surface area (Å²) in [6, 6.07) is 5.92. The third-order valence-corrected chi connectivity index (χ3v) is 5.18. The normalized spacial score (nSPS) is 15.5. The van der Waals surface area contributed by atoms with Crippen LogP contribution < -0.4 is 4.72 Å². The van der Waals surface area contributed by atoms with Crippen LogP contribution in [0, 0.1) is 0 Å². The lowest BCUT2D eigenvalue weighted by molar-refractivity contribution is -0.119. The first-order chi connectivity index (χ1) is 11.0. The molecule has 0 aliphatic carbocycles. The molecule has 0 unspecified atom stereocenters. The van der Waals surface area contributed by atoms with E-state index in [2.05, 4.69) is 4.72 Å². The number of carbonyl (C=O) groups is 2. The Morgan fingerprint density at radius 2 is 1.78 bits per heavy atom. The molecule has 2 rings (SSSR count). The monoisotopic (exact) mass is 339 g/mol. The lowest BCUT2D eigenvalue weighted by Gasteiger charge is -2.32. The Bertz CT molecular complexity index is 650. The number of benzene rings is 1. The summed E-state index contributed by atoms with van der Waals surface area (Å²) < 4.78 is 26.5. The minimum atomic E-state index is -3.52. The fourth-order valence-electron chi connectivity index (χ4n) is 2.31. The van der Waals surface area contributed by atoms with E-state index in [1.165, 1.54) is 24.3 Å². The van der Waals surface area contributed by atoms with E-state index in [4.69, 9.17) is 0 Å². The van der Waals surface area contributed by atoms with Gasteiger partial charge in [-0.3, -0.25) is 9.59 Å². The molecule has 2 amide bonds. The molecule has 1 aliphatic heterocycles. The molecule has 0 saturated carbocycles. The number of piperazine rings is 1. The molecule has 1 saturated heterocycles. The summed E-state index contributed by atoms with van der Waals surface area (Å²) in [6.07, 6.45) is 1.49. The molecule has 7 nitrogen and oxygen atoms in total. The second-order valence-electron chi connectivity index (χ2n) is 5.36. The maximum Gasteiger partial charge on any atom is 0.253 e. The Labute approximate surface area is 136 Å². The highest BCUT2D eigenvalue weighted by Crippen LogP contribution is 2.13. The predicted molar refractivity (Wildman–Crippen MR) is 85.5 cm³/mol. The van der Waals surface area contributed by atoms with E-state index in [0.29, 0.717) is 44.7 Å². The van der Waals surface area contributed by atoms with Gasteiger partial charge >= 0.3 is 0 Å². The van der Waals surface area contributed by atoms with Gasteiger partial charge in [-0.25, -0.2) is 13.1 Å². The van der Waals surface area contributed by atoms with Crippen LogP contribution in [0.2, 0.25) is 0 Å². The molecule has 1 fully saturated rings. The Balaban J connectivity index is 2.05. The van der Waals surface area contributed by atoms with Crippen molar-refractivity contribution in [3.63, 3.8) is 0 Å². The first-order valence-electron chi connectivity index (χ1n) is 7.56. The quantitative estimate of drug-likeness (QED) is 0.755. The molecule has 0 radical (unpaired) electrons. The van der Waals surface area contributed by atoms with Crippen LogP contribution in [0.25, 0.3) is 0 Å². The maximum absolute atomic E-state index is 12.4. The summed E-state index contributed by atoms with van der Waals surface area (Å²) in [5.74, 6) is -0.152. The molecule has 126 valence electrons. The van der Waals surface area contributed by atoms with Crippen molar-refractivity contribution in [3.8, 4) is 0 Å². The van der Waals surface area contributed by atoms with E-state index in [0.717, 1.165) is 6.41 Å². The molecule has 0 spiro atoms. The van der Waals surface area contributed by atoms with Gasteiger partial charge in [-0.2, -0.15) is 0 Å². The van der Waals surface area contributed by atoms with Crippen molar-refractivity contribution in [2.45, 2.75) is 18.2 Å². The lowest BCUT2D eigenvalue weighted by atomic mass is 10.2. The summed E-state index contributed by atoms with van der Waals surface area (Å²) in [4.78, 5) is 26.5. The zero-order valence-corrected chi connectivity index (χ0v) is 13.9. The zero-order valence-electron chi connectivity index (χ0n) is 13.1. The van der Waals surface area contributed by atoms with Gasteiger partial charge in [-0.1, -0.05) is 6.92 Å². The van der Waals surface area contributed by atoms with Gasteiger partial charge in [0.2, 0.25) is 16.4 Å². The SMILES string of the molecule is CCCNS(=O)(=O)c1ccc(C(=O)N2CCN(C=O)CC2)cc1. The van der Waals surface area contributed by atoms with Crippen LogP contribution in [0.1, 0.15) is 23.7 Å². The van der Waals surface area contributed by atoms with Gasteiger partial charge in [0, 0.05) is 38.3 Å². The van der Waals surface area contributed by atoms with Crippen LogP contribution in [0.4, 0.5) is 0 Å². The Kier molecular flexibility index (Phi) is 5.73. The molecule has 1 heterocycles. The molecule has 1 aromatic carbocycles. The van der Waals surface area contributed by atoms with Gasteiger partial charge in [0.15, 0.2) is 0 Å². The number of rotatable bonds is 6. The molecular weight excluding hydrogens is 318 g/mol. The van der Waals surface area contributed by atoms with Gasteiger partial charge in [-0.05, 0) is 30.7 Å². The lowest BCUT2D eigenvalue weighted by Crippen LogP contribution is -2.48. The largest absolute Gasteiger partial charge is 0.342 e. The molecule has 1 aromatic rings. The highest BCUT2D eigenvalue weighted by Gasteiger charge is 2.22. The van der Waals surface area contributed by atoms with Crippen molar-refractivity contribution in [2.24, 2.45) is 0 Å². The number of sulfonamides is 1. The van der Waals surface area contributed by atoms with Crippen molar-refractivity contribution in [1.29, 1.82) is 0 Å². The summed E-state index contributed by atoms with van der Waals surface area (Å²) >= 11 is 0. The average molecular weight is 339 g/mol. The van der Waals surface area contributed by atoms with Crippen molar-refractivity contribution in [3.05, 3.63) is 29.8 Å². The van der Waals surface area contributed by atoms with Crippen LogP contribution in [0.5, 0.6) is 0 Å². The van der Waals surface area contributed by atoms with E-state index >= 15 is 0 Å². The summed E-state index contributed by atoms with van der Waals surface area (Å²) in [5.41, 5.74) is 0.444. The molecular formula is C15H21N3O4S. The molecule has 1 aliphatic rings. The van der Waals surface area contributed by atoms with Crippen molar-refractivity contribution in [1.82, 2.24) is 14.5 Å². The first kappa shape index (κ1) is 17.4. The summed E-state index contributed by atoms with van der Waals surface area (Å²) in [7, 11) is -3.52. The third kappa shape index (κ3) is 4.29. The van der Waals surface area contributed by atoms with Crippen molar-refractivity contribution in [2.75, 3.05) is 32.7 Å². The second-order valence-corrected chi connectivity index (χ2v) is 7.12. The van der Waals surface area contributed by atoms with Gasteiger partial charge in [-0.15, -0.1) is 0 Å². The Morgan fingerprint density at radius 1 is 1.17 bits per heavy atom. The summed E-state index contributed by atoms with van der Waals surface area (Å²) in [6.45, 7) is 4.26. The molecule has 1 N–H and O–H groups in total. The van der Waals surface area contributed by atoms with Crippen LogP contribution in [0.3, 0.4) is 0 Å². The maximum atomic E-state index is 12.4. The fourth-order valence-corrected chi connectivity index (χ4v) is 3.44. The number of hydrogen-bond donors (Lipinski definition) is 1. The van der Waals surface area contributed by atoms with Crippen LogP contribution in [0.15, 0.2) is 29.2 Å². The minimum Gasteiger partial charge on any atom is -0.342 e. The van der Waals surface area contributed by atoms with Gasteiger partial charge in [0.1, 0.15) is 0 Å². The van der Waals surface area contributed by atoms with E-state index in [-0.39, 0.29) is 10.8 Å². The topological polar surface area (TPSA) is 86.8 Å². The number of hydrogen-bond acceptors (Lipinski definition) is 4. The standard InChI is InChI=1S/C15H21N3O4S/c1-2-7-16-23(21,22)14-5-3-13(4-6-14)15(20)18-10-8-17(12-19)9-11-18/h3-6,12,16H,2,7-11H2,1H3. The van der Waals surface area contributed by atoms with Gasteiger partial charge in [0.05, 0.1) is 4.90 Å². The summed E-state index contributed by atoms with van der Waals surface area (Å²) in [5, 5.41) is 0. The molecule has 0 aromatic heterocycles. The molecule has 0 atom stereocenters. The fraction of sp³-hybridized carbons (Fsp3) is 0.467. The highest BCUT2D eigenvalue weighted by molar-refractivity contribution is 7.89. The first-order valence-corrected chi connectivity index (χ1v) is 9.04. The Morgan fingerprint density at radius 3 is 2.30 bits per heavy atom. The van der Waals surface area contributed by atoms with Gasteiger partial charge < -0.3 is 9.80 Å². The van der Waals surface area contributed by atoms with Crippen LogP contribution in [-0.4, -0.2) is 63.3 Å². The molecule has 0 bridgehead atoms. The van der Waals surface area contributed by atoms with Crippen molar-refractivity contribution < 1.29 is 18.0 Å². The van der Waals surface area contributed by atoms with E-state index in [1.807, 2.05) is 6.92 Å². The Hall–Kier alpha value is -1.93.